The number of hydrogen-bond donors (Lipinski definition) is 1. The van der Waals surface area contributed by atoms with Crippen LogP contribution in [0.3, 0.4) is 0 Å². The summed E-state index contributed by atoms with van der Waals surface area (Å²) in [6.07, 6.45) is 0.806. The summed E-state index contributed by atoms with van der Waals surface area (Å²) in [6, 6.07) is 7.40. The van der Waals surface area contributed by atoms with Crippen LogP contribution in [-0.4, -0.2) is 42.7 Å². The van der Waals surface area contributed by atoms with Crippen LogP contribution in [0, 0.1) is 13.8 Å². The summed E-state index contributed by atoms with van der Waals surface area (Å²) in [5.41, 5.74) is 3.50. The smallest absolute Gasteiger partial charge is 0.224 e. The van der Waals surface area contributed by atoms with Crippen molar-refractivity contribution in [3.05, 3.63) is 46.8 Å². The Morgan fingerprint density at radius 2 is 2.00 bits per heavy atom. The van der Waals surface area contributed by atoms with Crippen molar-refractivity contribution in [2.24, 2.45) is 0 Å². The van der Waals surface area contributed by atoms with Gasteiger partial charge in [0.15, 0.2) is 9.84 Å². The fraction of sp³-hybridized carbons (Fsp3) is 0.474. The molecule has 0 radical (unpaired) electrons. The molecule has 1 N–H and O–H groups in total. The second-order valence-corrected chi connectivity index (χ2v) is 9.18. The van der Waals surface area contributed by atoms with E-state index in [0.717, 1.165) is 28.3 Å². The van der Waals surface area contributed by atoms with Crippen LogP contribution in [-0.2, 0) is 27.6 Å². The number of carbonyl (C=O) groups excluding carboxylic acids is 1. The molecule has 1 amide bonds. The van der Waals surface area contributed by atoms with Gasteiger partial charge in [-0.1, -0.05) is 12.1 Å². The lowest BCUT2D eigenvalue weighted by atomic mass is 10.1. The Bertz CT molecular complexity index is 933. The number of aryl methyl sites for hydroxylation is 1. The molecule has 0 aliphatic carbocycles. The van der Waals surface area contributed by atoms with Crippen LogP contribution in [0.25, 0.3) is 0 Å². The third kappa shape index (κ3) is 4.50. The number of ether oxygens (including phenoxy) is 1. The van der Waals surface area contributed by atoms with Crippen LogP contribution in [0.1, 0.15) is 35.0 Å². The summed E-state index contributed by atoms with van der Waals surface area (Å²) < 4.78 is 30.4. The van der Waals surface area contributed by atoms with E-state index in [-0.39, 0.29) is 29.9 Å². The minimum absolute atomic E-state index is 0.0874. The molecule has 1 aliphatic heterocycles. The molecule has 27 heavy (non-hydrogen) atoms. The largest absolute Gasteiger partial charge is 0.497 e. The van der Waals surface area contributed by atoms with Crippen molar-refractivity contribution in [3.63, 3.8) is 0 Å². The third-order valence-corrected chi connectivity index (χ3v) is 6.77. The molecule has 2 heterocycles. The number of methoxy groups -OCH3 is 1. The highest BCUT2D eigenvalue weighted by Gasteiger charge is 2.31. The maximum absolute atomic E-state index is 12.4. The van der Waals surface area contributed by atoms with Gasteiger partial charge in [-0.25, -0.2) is 8.42 Å². The summed E-state index contributed by atoms with van der Waals surface area (Å²) in [7, 11) is -1.37. The van der Waals surface area contributed by atoms with Crippen molar-refractivity contribution < 1.29 is 17.9 Å². The Kier molecular flexibility index (Phi) is 5.55. The maximum Gasteiger partial charge on any atom is 0.224 e. The third-order valence-electron chi connectivity index (χ3n) is 5.02. The Hall–Kier alpha value is -2.35. The van der Waals surface area contributed by atoms with Gasteiger partial charge in [0.05, 0.1) is 36.8 Å². The Morgan fingerprint density at radius 3 is 2.59 bits per heavy atom. The van der Waals surface area contributed by atoms with Crippen LogP contribution in [0.15, 0.2) is 24.3 Å². The number of hydrogen-bond acceptors (Lipinski definition) is 5. The lowest BCUT2D eigenvalue weighted by molar-refractivity contribution is -0.120. The predicted octanol–water partition coefficient (Wildman–Crippen LogP) is 1.73. The highest BCUT2D eigenvalue weighted by atomic mass is 32.2. The molecule has 7 nitrogen and oxygen atoms in total. The standard InChI is InChI=1S/C19H25N3O4S/c1-13-18(14(2)22(21-13)16-8-9-27(24,25)12-16)10-19(23)20-11-15-4-6-17(26-3)7-5-15/h4-7,16H,8-12H2,1-3H3,(H,20,23). The van der Waals surface area contributed by atoms with E-state index < -0.39 is 9.84 Å². The molecule has 0 spiro atoms. The quantitative estimate of drug-likeness (QED) is 0.810. The first kappa shape index (κ1) is 19.4. The van der Waals surface area contributed by atoms with E-state index in [2.05, 4.69) is 10.4 Å². The minimum atomic E-state index is -2.98. The highest BCUT2D eigenvalue weighted by molar-refractivity contribution is 7.91. The van der Waals surface area contributed by atoms with Gasteiger partial charge in [0.25, 0.3) is 0 Å². The molecule has 1 unspecified atom stereocenters. The molecule has 1 fully saturated rings. The molecule has 8 heteroatoms. The van der Waals surface area contributed by atoms with Crippen LogP contribution >= 0.6 is 0 Å². The average Bonchev–Trinajstić information content (AvgIpc) is 3.14. The molecule has 146 valence electrons. The van der Waals surface area contributed by atoms with E-state index in [4.69, 9.17) is 4.74 Å². The lowest BCUT2D eigenvalue weighted by Gasteiger charge is -2.11. The predicted molar refractivity (Wildman–Crippen MR) is 103 cm³/mol. The SMILES string of the molecule is COc1ccc(CNC(=O)Cc2c(C)nn(C3CCS(=O)(=O)C3)c2C)cc1. The zero-order valence-corrected chi connectivity index (χ0v) is 16.7. The van der Waals surface area contributed by atoms with Gasteiger partial charge in [-0.2, -0.15) is 5.10 Å². The molecule has 1 aromatic carbocycles. The fourth-order valence-corrected chi connectivity index (χ4v) is 5.14. The van der Waals surface area contributed by atoms with Gasteiger partial charge >= 0.3 is 0 Å². The molecule has 3 rings (SSSR count). The van der Waals surface area contributed by atoms with E-state index >= 15 is 0 Å². The summed E-state index contributed by atoms with van der Waals surface area (Å²) in [6.45, 7) is 4.20. The number of benzene rings is 1. The van der Waals surface area contributed by atoms with Gasteiger partial charge in [-0.05, 0) is 38.0 Å². The molecule has 1 saturated heterocycles. The number of nitrogens with zero attached hydrogens (tertiary/aromatic N) is 2. The van der Waals surface area contributed by atoms with Gasteiger partial charge in [0, 0.05) is 17.8 Å². The molecule has 1 aromatic heterocycles. The number of rotatable bonds is 6. The fourth-order valence-electron chi connectivity index (χ4n) is 3.44. The van der Waals surface area contributed by atoms with Crippen molar-refractivity contribution in [2.45, 2.75) is 39.3 Å². The summed E-state index contributed by atoms with van der Waals surface area (Å²) >= 11 is 0. The topological polar surface area (TPSA) is 90.3 Å². The van der Waals surface area contributed by atoms with Crippen molar-refractivity contribution in [1.29, 1.82) is 0 Å². The molecule has 0 saturated carbocycles. The summed E-state index contributed by atoms with van der Waals surface area (Å²) in [5, 5.41) is 7.43. The van der Waals surface area contributed by atoms with Crippen molar-refractivity contribution in [2.75, 3.05) is 18.6 Å². The Balaban J connectivity index is 1.63. The summed E-state index contributed by atoms with van der Waals surface area (Å²) in [5.74, 6) is 1.01. The first-order chi connectivity index (χ1) is 12.8. The number of amides is 1. The number of carbonyl (C=O) groups is 1. The first-order valence-electron chi connectivity index (χ1n) is 8.93. The van der Waals surface area contributed by atoms with Gasteiger partial charge < -0.3 is 10.1 Å². The van der Waals surface area contributed by atoms with Crippen LogP contribution in [0.5, 0.6) is 5.75 Å². The van der Waals surface area contributed by atoms with Crippen molar-refractivity contribution in [3.8, 4) is 5.75 Å². The second-order valence-electron chi connectivity index (χ2n) is 6.95. The van der Waals surface area contributed by atoms with Crippen molar-refractivity contribution >= 4 is 15.7 Å². The zero-order valence-electron chi connectivity index (χ0n) is 15.9. The highest BCUT2D eigenvalue weighted by Crippen LogP contribution is 2.27. The molecule has 2 aromatic rings. The van der Waals surface area contributed by atoms with Crippen LogP contribution in [0.4, 0.5) is 0 Å². The molecule has 1 atom stereocenters. The first-order valence-corrected chi connectivity index (χ1v) is 10.8. The normalized spacial score (nSPS) is 18.4. The average molecular weight is 391 g/mol. The van der Waals surface area contributed by atoms with Gasteiger partial charge in [-0.3, -0.25) is 9.48 Å². The van der Waals surface area contributed by atoms with Gasteiger partial charge in [-0.15, -0.1) is 0 Å². The second kappa shape index (κ2) is 7.72. The zero-order chi connectivity index (χ0) is 19.6. The number of nitrogens with one attached hydrogen (secondary N) is 1. The van der Waals surface area contributed by atoms with Crippen molar-refractivity contribution in [1.82, 2.24) is 15.1 Å². The Morgan fingerprint density at radius 1 is 1.30 bits per heavy atom. The Labute approximate surface area is 159 Å². The lowest BCUT2D eigenvalue weighted by Crippen LogP contribution is -2.25. The van der Waals surface area contributed by atoms with E-state index in [0.29, 0.717) is 13.0 Å². The molecular formula is C19H25N3O4S. The maximum atomic E-state index is 12.4. The van der Waals surface area contributed by atoms with E-state index in [9.17, 15) is 13.2 Å². The van der Waals surface area contributed by atoms with Crippen LogP contribution < -0.4 is 10.1 Å². The molecule has 1 aliphatic rings. The van der Waals surface area contributed by atoms with Gasteiger partial charge in [0.2, 0.25) is 5.91 Å². The minimum Gasteiger partial charge on any atom is -0.497 e. The summed E-state index contributed by atoms with van der Waals surface area (Å²) in [4.78, 5) is 12.4. The van der Waals surface area contributed by atoms with Gasteiger partial charge in [0.1, 0.15) is 5.75 Å². The monoisotopic (exact) mass is 391 g/mol. The number of aromatic nitrogens is 2. The number of sulfone groups is 1. The molecule has 0 bridgehead atoms. The van der Waals surface area contributed by atoms with E-state index in [1.54, 1.807) is 11.8 Å². The van der Waals surface area contributed by atoms with E-state index in [1.807, 2.05) is 38.1 Å². The molecular weight excluding hydrogens is 366 g/mol. The van der Waals surface area contributed by atoms with Crippen LogP contribution in [0.2, 0.25) is 0 Å². The van der Waals surface area contributed by atoms with E-state index in [1.165, 1.54) is 0 Å².